The van der Waals surface area contributed by atoms with E-state index in [-0.39, 0.29) is 37.4 Å². The molecule has 2 fully saturated rings. The van der Waals surface area contributed by atoms with Gasteiger partial charge < -0.3 is 24.5 Å². The normalized spacial score (nSPS) is 32.4. The Hall–Kier alpha value is -2.68. The van der Waals surface area contributed by atoms with Crippen molar-refractivity contribution in [3.63, 3.8) is 0 Å². The quantitative estimate of drug-likeness (QED) is 0.403. The minimum Gasteiger partial charge on any atom is -0.396 e. The number of para-hydroxylation sites is 1. The Bertz CT molecular complexity index is 1170. The molecule has 0 aromatic heterocycles. The molecule has 1 N–H and O–H groups in total. The smallest absolute Gasteiger partial charge is 0.253 e. The lowest BCUT2D eigenvalue weighted by molar-refractivity contribution is -0.150. The second-order valence-corrected chi connectivity index (χ2v) is 11.0. The SMILES string of the molecule is CCCN1CC=C[C@@]2(CC)O[C@]34C=CCN(c5ccccc5Cl)C(=O)C3N(CCCCO)C(=O)[C@@H]4[C@H]2C1=O. The fourth-order valence-corrected chi connectivity index (χ4v) is 7.04. The van der Waals surface area contributed by atoms with Crippen molar-refractivity contribution in [2.24, 2.45) is 11.8 Å². The molecule has 5 rings (SSSR count). The van der Waals surface area contributed by atoms with Gasteiger partial charge in [-0.25, -0.2) is 0 Å². The lowest BCUT2D eigenvalue weighted by Crippen LogP contribution is -2.56. The molecule has 0 radical (unpaired) electrons. The molecule has 0 bridgehead atoms. The third-order valence-electron chi connectivity index (χ3n) is 8.47. The van der Waals surface area contributed by atoms with Crippen LogP contribution >= 0.6 is 11.6 Å². The highest BCUT2D eigenvalue weighted by atomic mass is 35.5. The van der Waals surface area contributed by atoms with Crippen molar-refractivity contribution >= 4 is 35.0 Å². The Labute approximate surface area is 228 Å². The maximum Gasteiger partial charge on any atom is 0.253 e. The highest BCUT2D eigenvalue weighted by Crippen LogP contribution is 2.58. The second kappa shape index (κ2) is 10.5. The van der Waals surface area contributed by atoms with Crippen molar-refractivity contribution < 1.29 is 24.2 Å². The molecule has 38 heavy (non-hydrogen) atoms. The van der Waals surface area contributed by atoms with Gasteiger partial charge in [-0.05, 0) is 37.8 Å². The average Bonchev–Trinajstić information content (AvgIpc) is 3.20. The molecule has 9 heteroatoms. The summed E-state index contributed by atoms with van der Waals surface area (Å²) in [6.45, 7) is 5.61. The molecule has 2 saturated heterocycles. The molecule has 1 unspecified atom stereocenters. The number of rotatable bonds is 8. The lowest BCUT2D eigenvalue weighted by Gasteiger charge is -2.38. The standard InChI is InChI=1S/C29H36ClN3O5/c1-3-15-31-16-9-13-28(4-2)22(25(31)35)23-26(36)33(17-7-8-19-34)24-27(37)32(18-10-14-29(23,24)38-28)21-12-6-5-11-20(21)30/h5-6,9-14,22-24,34H,3-4,7-8,15-19H2,1-2H3/t22-,23-,24?,28+,29-/m0/s1. The first-order chi connectivity index (χ1) is 18.3. The van der Waals surface area contributed by atoms with E-state index in [2.05, 4.69) is 0 Å². The number of aliphatic hydroxyl groups excluding tert-OH is 1. The van der Waals surface area contributed by atoms with Crippen molar-refractivity contribution in [3.8, 4) is 0 Å². The number of amides is 3. The number of halogens is 1. The van der Waals surface area contributed by atoms with E-state index in [1.165, 1.54) is 0 Å². The first kappa shape index (κ1) is 26.9. The van der Waals surface area contributed by atoms with Gasteiger partial charge in [0.1, 0.15) is 11.6 Å². The molecule has 204 valence electrons. The van der Waals surface area contributed by atoms with Crippen LogP contribution in [0.5, 0.6) is 0 Å². The number of nitrogens with zero attached hydrogens (tertiary/aromatic N) is 3. The molecular formula is C29H36ClN3O5. The number of carbonyl (C=O) groups is 3. The number of benzene rings is 1. The van der Waals surface area contributed by atoms with Crippen LogP contribution in [0.1, 0.15) is 39.5 Å². The summed E-state index contributed by atoms with van der Waals surface area (Å²) in [5.41, 5.74) is -1.71. The fraction of sp³-hybridized carbons (Fsp3) is 0.552. The Balaban J connectivity index is 1.64. The summed E-state index contributed by atoms with van der Waals surface area (Å²) in [5.74, 6) is -2.19. The maximum atomic E-state index is 14.4. The number of ether oxygens (including phenoxy) is 1. The number of carbonyl (C=O) groups excluding carboxylic acids is 3. The highest BCUT2D eigenvalue weighted by Gasteiger charge is 2.75. The molecule has 4 aliphatic heterocycles. The zero-order chi connectivity index (χ0) is 27.1. The van der Waals surface area contributed by atoms with Crippen LogP contribution in [0.4, 0.5) is 5.69 Å². The summed E-state index contributed by atoms with van der Waals surface area (Å²) in [4.78, 5) is 47.8. The van der Waals surface area contributed by atoms with Crippen LogP contribution in [0.2, 0.25) is 5.02 Å². The predicted molar refractivity (Wildman–Crippen MR) is 145 cm³/mol. The van der Waals surface area contributed by atoms with Gasteiger partial charge in [0.25, 0.3) is 5.91 Å². The van der Waals surface area contributed by atoms with Gasteiger partial charge in [0.15, 0.2) is 0 Å². The number of hydrogen-bond acceptors (Lipinski definition) is 5. The Morgan fingerprint density at radius 2 is 1.74 bits per heavy atom. The van der Waals surface area contributed by atoms with Gasteiger partial charge in [-0.1, -0.05) is 61.9 Å². The molecule has 8 nitrogen and oxygen atoms in total. The van der Waals surface area contributed by atoms with Crippen LogP contribution in [0, 0.1) is 11.8 Å². The summed E-state index contributed by atoms with van der Waals surface area (Å²) < 4.78 is 6.95. The zero-order valence-electron chi connectivity index (χ0n) is 22.0. The Kier molecular flexibility index (Phi) is 7.42. The molecular weight excluding hydrogens is 506 g/mol. The van der Waals surface area contributed by atoms with Crippen LogP contribution in [-0.4, -0.2) is 82.7 Å². The Morgan fingerprint density at radius 1 is 0.974 bits per heavy atom. The topological polar surface area (TPSA) is 90.4 Å². The summed E-state index contributed by atoms with van der Waals surface area (Å²) in [5, 5.41) is 9.83. The number of anilines is 1. The number of aliphatic hydroxyl groups is 1. The highest BCUT2D eigenvalue weighted by molar-refractivity contribution is 6.34. The number of fused-ring (bicyclic) bond motifs is 2. The number of unbranched alkanes of at least 4 members (excludes halogenated alkanes) is 1. The molecule has 0 saturated carbocycles. The van der Waals surface area contributed by atoms with Crippen LogP contribution in [0.25, 0.3) is 0 Å². The molecule has 4 heterocycles. The van der Waals surface area contributed by atoms with E-state index in [0.29, 0.717) is 43.1 Å². The van der Waals surface area contributed by atoms with E-state index in [4.69, 9.17) is 16.3 Å². The van der Waals surface area contributed by atoms with E-state index in [1.807, 2.05) is 44.2 Å². The van der Waals surface area contributed by atoms with E-state index < -0.39 is 29.1 Å². The third-order valence-corrected chi connectivity index (χ3v) is 8.79. The molecule has 5 atom stereocenters. The van der Waals surface area contributed by atoms with Crippen molar-refractivity contribution in [1.29, 1.82) is 0 Å². The molecule has 0 aliphatic carbocycles. The van der Waals surface area contributed by atoms with E-state index >= 15 is 0 Å². The first-order valence-electron chi connectivity index (χ1n) is 13.7. The van der Waals surface area contributed by atoms with Crippen LogP contribution < -0.4 is 4.90 Å². The van der Waals surface area contributed by atoms with Crippen molar-refractivity contribution in [3.05, 3.63) is 53.6 Å². The minimum absolute atomic E-state index is 0.00576. The number of likely N-dealkylation sites (tertiary alicyclic amines) is 1. The predicted octanol–water partition coefficient (Wildman–Crippen LogP) is 3.18. The summed E-state index contributed by atoms with van der Waals surface area (Å²) in [6, 6.07) is 6.20. The maximum absolute atomic E-state index is 14.4. The van der Waals surface area contributed by atoms with E-state index in [1.54, 1.807) is 32.9 Å². The minimum atomic E-state index is -1.29. The van der Waals surface area contributed by atoms with E-state index in [0.717, 1.165) is 6.42 Å². The average molecular weight is 542 g/mol. The first-order valence-corrected chi connectivity index (χ1v) is 14.0. The molecule has 1 aromatic rings. The van der Waals surface area contributed by atoms with Crippen molar-refractivity contribution in [1.82, 2.24) is 9.80 Å². The van der Waals surface area contributed by atoms with E-state index in [9.17, 15) is 19.5 Å². The monoisotopic (exact) mass is 541 g/mol. The van der Waals surface area contributed by atoms with Gasteiger partial charge in [0.2, 0.25) is 11.8 Å². The molecule has 4 aliphatic rings. The molecule has 1 spiro atoms. The van der Waals surface area contributed by atoms with Crippen LogP contribution in [0.15, 0.2) is 48.6 Å². The van der Waals surface area contributed by atoms with Crippen LogP contribution in [-0.2, 0) is 19.1 Å². The summed E-state index contributed by atoms with van der Waals surface area (Å²) in [7, 11) is 0. The third kappa shape index (κ3) is 4.00. The van der Waals surface area contributed by atoms with Gasteiger partial charge in [0.05, 0.1) is 28.1 Å². The largest absolute Gasteiger partial charge is 0.396 e. The van der Waals surface area contributed by atoms with Gasteiger partial charge in [-0.15, -0.1) is 0 Å². The zero-order valence-corrected chi connectivity index (χ0v) is 22.8. The van der Waals surface area contributed by atoms with Gasteiger partial charge in [-0.2, -0.15) is 0 Å². The lowest BCUT2D eigenvalue weighted by atomic mass is 9.73. The van der Waals surface area contributed by atoms with Gasteiger partial charge >= 0.3 is 0 Å². The number of hydrogen-bond donors (Lipinski definition) is 1. The fourth-order valence-electron chi connectivity index (χ4n) is 6.80. The molecule has 1 aromatic carbocycles. The Morgan fingerprint density at radius 3 is 2.45 bits per heavy atom. The summed E-state index contributed by atoms with van der Waals surface area (Å²) in [6.07, 6.45) is 9.98. The van der Waals surface area contributed by atoms with Crippen molar-refractivity contribution in [2.75, 3.05) is 37.7 Å². The molecule has 3 amide bonds. The van der Waals surface area contributed by atoms with Crippen molar-refractivity contribution in [2.45, 2.75) is 56.8 Å². The second-order valence-electron chi connectivity index (χ2n) is 10.6. The summed E-state index contributed by atoms with van der Waals surface area (Å²) >= 11 is 6.51. The van der Waals surface area contributed by atoms with Gasteiger partial charge in [0, 0.05) is 32.8 Å². The van der Waals surface area contributed by atoms with Crippen LogP contribution in [0.3, 0.4) is 0 Å². The van der Waals surface area contributed by atoms with Gasteiger partial charge in [-0.3, -0.25) is 14.4 Å².